The largest absolute Gasteiger partial charge is 0.423 e. The van der Waals surface area contributed by atoms with Crippen molar-refractivity contribution in [1.29, 1.82) is 0 Å². The number of fused-ring (bicyclic) bond motifs is 1. The average Bonchev–Trinajstić information content (AvgIpc) is 2.56. The van der Waals surface area contributed by atoms with Crippen LogP contribution in [0.3, 0.4) is 0 Å². The molecule has 3 aromatic rings. The second kappa shape index (κ2) is 8.08. The first-order valence-corrected chi connectivity index (χ1v) is 8.13. The van der Waals surface area contributed by atoms with Crippen molar-refractivity contribution in [3.8, 4) is 11.1 Å². The Kier molecular flexibility index (Phi) is 6.12. The van der Waals surface area contributed by atoms with Gasteiger partial charge in [0.2, 0.25) is 0 Å². The maximum Gasteiger partial charge on any atom is 0.336 e. The number of halogens is 2. The van der Waals surface area contributed by atoms with Crippen molar-refractivity contribution in [2.75, 3.05) is 7.05 Å². The highest BCUT2D eigenvalue weighted by Crippen LogP contribution is 2.33. The van der Waals surface area contributed by atoms with Gasteiger partial charge >= 0.3 is 5.63 Å². The van der Waals surface area contributed by atoms with Gasteiger partial charge in [0.15, 0.2) is 0 Å². The maximum absolute atomic E-state index is 13.2. The van der Waals surface area contributed by atoms with Gasteiger partial charge in [0.05, 0.1) is 5.02 Å². The molecule has 0 saturated heterocycles. The van der Waals surface area contributed by atoms with E-state index in [0.717, 1.165) is 10.9 Å². The Balaban J connectivity index is 0.00000100. The lowest BCUT2D eigenvalue weighted by atomic mass is 10.0. The second-order valence-electron chi connectivity index (χ2n) is 4.96. The predicted octanol–water partition coefficient (Wildman–Crippen LogP) is 5.00. The Morgan fingerprint density at radius 1 is 1.08 bits per heavy atom. The molecule has 1 N–H and O–H groups in total. The number of hydrogen-bond acceptors (Lipinski definition) is 3. The van der Waals surface area contributed by atoms with Crippen molar-refractivity contribution in [3.05, 3.63) is 69.3 Å². The van der Waals surface area contributed by atoms with E-state index in [-0.39, 0.29) is 5.02 Å². The van der Waals surface area contributed by atoms with Crippen LogP contribution in [0.15, 0.2) is 51.7 Å². The summed E-state index contributed by atoms with van der Waals surface area (Å²) < 4.78 is 18.5. The molecule has 0 aliphatic rings. The SMILES string of the molecule is CC.CNCc1ccc2c(-c3ccc(F)cc3Cl)cc(=O)oc2c1. The highest BCUT2D eigenvalue weighted by molar-refractivity contribution is 6.33. The fourth-order valence-electron chi connectivity index (χ4n) is 2.45. The zero-order chi connectivity index (χ0) is 17.7. The number of rotatable bonds is 3. The van der Waals surface area contributed by atoms with Crippen LogP contribution in [0.2, 0.25) is 5.02 Å². The maximum atomic E-state index is 13.2. The number of hydrogen-bond donors (Lipinski definition) is 1. The summed E-state index contributed by atoms with van der Waals surface area (Å²) >= 11 is 6.12. The van der Waals surface area contributed by atoms with Crippen LogP contribution in [-0.2, 0) is 6.54 Å². The molecule has 0 radical (unpaired) electrons. The van der Waals surface area contributed by atoms with Crippen molar-refractivity contribution < 1.29 is 8.81 Å². The van der Waals surface area contributed by atoms with E-state index < -0.39 is 11.4 Å². The molecule has 0 atom stereocenters. The first kappa shape index (κ1) is 18.2. The third kappa shape index (κ3) is 3.83. The summed E-state index contributed by atoms with van der Waals surface area (Å²) in [6, 6.07) is 11.1. The lowest BCUT2D eigenvalue weighted by Crippen LogP contribution is -2.05. The molecule has 126 valence electrons. The molecule has 3 rings (SSSR count). The van der Waals surface area contributed by atoms with E-state index >= 15 is 0 Å². The molecule has 0 unspecified atom stereocenters. The Labute approximate surface area is 145 Å². The van der Waals surface area contributed by atoms with Gasteiger partial charge in [-0.2, -0.15) is 0 Å². The van der Waals surface area contributed by atoms with Gasteiger partial charge in [-0.3, -0.25) is 0 Å². The van der Waals surface area contributed by atoms with Crippen LogP contribution < -0.4 is 10.9 Å². The van der Waals surface area contributed by atoms with Gasteiger partial charge in [-0.25, -0.2) is 9.18 Å². The Bertz CT molecular complexity index is 905. The second-order valence-corrected chi connectivity index (χ2v) is 5.37. The zero-order valence-corrected chi connectivity index (χ0v) is 14.6. The van der Waals surface area contributed by atoms with Crippen LogP contribution in [0, 0.1) is 5.82 Å². The molecule has 3 nitrogen and oxygen atoms in total. The lowest BCUT2D eigenvalue weighted by molar-refractivity contribution is 0.561. The first-order valence-electron chi connectivity index (χ1n) is 7.75. The van der Waals surface area contributed by atoms with Gasteiger partial charge in [0, 0.05) is 29.1 Å². The molecule has 0 bridgehead atoms. The third-order valence-corrected chi connectivity index (χ3v) is 3.72. The van der Waals surface area contributed by atoms with E-state index in [2.05, 4.69) is 5.32 Å². The molecule has 1 heterocycles. The van der Waals surface area contributed by atoms with E-state index in [1.54, 1.807) is 6.07 Å². The van der Waals surface area contributed by atoms with Gasteiger partial charge in [-0.1, -0.05) is 37.6 Å². The highest BCUT2D eigenvalue weighted by Gasteiger charge is 2.12. The van der Waals surface area contributed by atoms with Crippen molar-refractivity contribution in [2.45, 2.75) is 20.4 Å². The summed E-state index contributed by atoms with van der Waals surface area (Å²) in [6.07, 6.45) is 0. The average molecular weight is 348 g/mol. The minimum Gasteiger partial charge on any atom is -0.423 e. The highest BCUT2D eigenvalue weighted by atomic mass is 35.5. The van der Waals surface area contributed by atoms with Gasteiger partial charge in [0.1, 0.15) is 11.4 Å². The van der Waals surface area contributed by atoms with Gasteiger partial charge in [-0.15, -0.1) is 0 Å². The Morgan fingerprint density at radius 2 is 1.83 bits per heavy atom. The minimum atomic E-state index is -0.468. The molecule has 24 heavy (non-hydrogen) atoms. The standard InChI is InChI=1S/C17H13ClFNO2.C2H6/c1-20-9-10-2-4-13-14(8-17(21)22-16(13)6-10)12-5-3-11(19)7-15(12)18;1-2/h2-8,20H,9H2,1H3;1-2H3. The van der Waals surface area contributed by atoms with E-state index in [4.69, 9.17) is 16.0 Å². The normalized spacial score (nSPS) is 10.4. The van der Waals surface area contributed by atoms with E-state index in [9.17, 15) is 9.18 Å². The monoisotopic (exact) mass is 347 g/mol. The molecule has 2 aromatic carbocycles. The van der Waals surface area contributed by atoms with Gasteiger partial charge in [0.25, 0.3) is 0 Å². The molecular weight excluding hydrogens is 329 g/mol. The number of nitrogens with one attached hydrogen (secondary N) is 1. The van der Waals surface area contributed by atoms with Crippen LogP contribution in [0.5, 0.6) is 0 Å². The van der Waals surface area contributed by atoms with Crippen molar-refractivity contribution in [1.82, 2.24) is 5.32 Å². The fraction of sp³-hybridized carbons (Fsp3) is 0.211. The molecule has 0 amide bonds. The van der Waals surface area contributed by atoms with Crippen molar-refractivity contribution in [2.24, 2.45) is 0 Å². The summed E-state index contributed by atoms with van der Waals surface area (Å²) in [5.74, 6) is -0.419. The van der Waals surface area contributed by atoms with Crippen LogP contribution in [0.1, 0.15) is 19.4 Å². The number of benzene rings is 2. The molecular formula is C19H19ClFNO2. The quantitative estimate of drug-likeness (QED) is 0.678. The molecule has 0 saturated carbocycles. The molecule has 0 aliphatic heterocycles. The van der Waals surface area contributed by atoms with Crippen LogP contribution in [-0.4, -0.2) is 7.05 Å². The summed E-state index contributed by atoms with van der Waals surface area (Å²) in [4.78, 5) is 11.8. The summed E-state index contributed by atoms with van der Waals surface area (Å²) in [5, 5.41) is 4.06. The molecule has 0 spiro atoms. The zero-order valence-electron chi connectivity index (χ0n) is 13.8. The Morgan fingerprint density at radius 3 is 2.50 bits per heavy atom. The smallest absolute Gasteiger partial charge is 0.336 e. The third-order valence-electron chi connectivity index (χ3n) is 3.41. The van der Waals surface area contributed by atoms with E-state index in [1.165, 1.54) is 18.2 Å². The summed E-state index contributed by atoms with van der Waals surface area (Å²) in [5.41, 5.74) is 2.25. The molecule has 1 aromatic heterocycles. The van der Waals surface area contributed by atoms with Crippen LogP contribution in [0.25, 0.3) is 22.1 Å². The van der Waals surface area contributed by atoms with Crippen LogP contribution >= 0.6 is 11.6 Å². The summed E-state index contributed by atoms with van der Waals surface area (Å²) in [6.45, 7) is 4.67. The van der Waals surface area contributed by atoms with Crippen molar-refractivity contribution >= 4 is 22.6 Å². The predicted molar refractivity (Wildman–Crippen MR) is 97.0 cm³/mol. The van der Waals surface area contributed by atoms with E-state index in [0.29, 0.717) is 23.3 Å². The first-order chi connectivity index (χ1) is 11.6. The van der Waals surface area contributed by atoms with Gasteiger partial charge < -0.3 is 9.73 Å². The van der Waals surface area contributed by atoms with Gasteiger partial charge in [-0.05, 0) is 36.9 Å². The summed E-state index contributed by atoms with van der Waals surface area (Å²) in [7, 11) is 1.84. The molecule has 0 fully saturated rings. The van der Waals surface area contributed by atoms with E-state index in [1.807, 2.05) is 39.1 Å². The molecule has 5 heteroatoms. The van der Waals surface area contributed by atoms with Crippen LogP contribution in [0.4, 0.5) is 4.39 Å². The fourth-order valence-corrected chi connectivity index (χ4v) is 2.72. The minimum absolute atomic E-state index is 0.256. The lowest BCUT2D eigenvalue weighted by Gasteiger charge is -2.09. The van der Waals surface area contributed by atoms with Crippen molar-refractivity contribution in [3.63, 3.8) is 0 Å². The Hall–Kier alpha value is -2.17. The molecule has 0 aliphatic carbocycles. The topological polar surface area (TPSA) is 42.2 Å².